The van der Waals surface area contributed by atoms with Gasteiger partial charge in [-0.2, -0.15) is 0 Å². The number of rotatable bonds is 2. The van der Waals surface area contributed by atoms with Crippen molar-refractivity contribution >= 4 is 0 Å². The third-order valence-corrected chi connectivity index (χ3v) is 6.64. The van der Waals surface area contributed by atoms with E-state index < -0.39 is 0 Å². The fourth-order valence-electron chi connectivity index (χ4n) is 5.21. The summed E-state index contributed by atoms with van der Waals surface area (Å²) in [6.45, 7) is 10.4. The summed E-state index contributed by atoms with van der Waals surface area (Å²) >= 11 is 0. The molecule has 0 heterocycles. The quantitative estimate of drug-likeness (QED) is 0.831. The van der Waals surface area contributed by atoms with E-state index in [2.05, 4.69) is 45.9 Å². The molecule has 21 heavy (non-hydrogen) atoms. The maximum Gasteiger partial charge on any atom is -0.00202 e. The minimum atomic E-state index is 0.332. The average molecular weight is 285 g/mol. The summed E-state index contributed by atoms with van der Waals surface area (Å²) in [7, 11) is 0. The molecule has 0 unspecified atom stereocenters. The van der Waals surface area contributed by atoms with Crippen LogP contribution in [-0.4, -0.2) is 6.54 Å². The Kier molecular flexibility index (Phi) is 3.68. The van der Waals surface area contributed by atoms with Gasteiger partial charge in [-0.3, -0.25) is 0 Å². The van der Waals surface area contributed by atoms with Gasteiger partial charge in [-0.05, 0) is 71.6 Å². The lowest BCUT2D eigenvalue weighted by Gasteiger charge is -2.55. The van der Waals surface area contributed by atoms with E-state index in [-0.39, 0.29) is 0 Å². The highest BCUT2D eigenvalue weighted by Crippen LogP contribution is 2.57. The molecule has 1 aromatic rings. The molecule has 0 bridgehead atoms. The van der Waals surface area contributed by atoms with E-state index in [1.165, 1.54) is 37.7 Å². The summed E-state index contributed by atoms with van der Waals surface area (Å²) in [6.07, 6.45) is 6.53. The predicted molar refractivity (Wildman–Crippen MR) is 90.7 cm³/mol. The molecule has 2 N–H and O–H groups in total. The molecule has 0 saturated heterocycles. The Morgan fingerprint density at radius 3 is 2.67 bits per heavy atom. The van der Waals surface area contributed by atoms with Crippen LogP contribution in [-0.2, 0) is 11.8 Å². The molecule has 0 aromatic heterocycles. The number of hydrogen-bond acceptors (Lipinski definition) is 1. The van der Waals surface area contributed by atoms with E-state index in [1.807, 2.05) is 0 Å². The molecule has 1 aromatic carbocycles. The smallest absolute Gasteiger partial charge is 0.00202 e. The molecule has 0 aliphatic heterocycles. The van der Waals surface area contributed by atoms with Gasteiger partial charge >= 0.3 is 0 Å². The second-order valence-electron chi connectivity index (χ2n) is 8.29. The zero-order chi connectivity index (χ0) is 15.3. The second-order valence-corrected chi connectivity index (χ2v) is 8.29. The Labute approximate surface area is 130 Å². The molecule has 1 heteroatoms. The van der Waals surface area contributed by atoms with Crippen LogP contribution in [0.3, 0.4) is 0 Å². The first-order valence-electron chi connectivity index (χ1n) is 8.74. The summed E-state index contributed by atoms with van der Waals surface area (Å²) < 4.78 is 0. The summed E-state index contributed by atoms with van der Waals surface area (Å²) in [5.74, 6) is 1.36. The number of aryl methyl sites for hydroxylation is 1. The fraction of sp³-hybridized carbons (Fsp3) is 0.700. The molecular weight excluding hydrogens is 254 g/mol. The fourth-order valence-corrected chi connectivity index (χ4v) is 5.21. The largest absolute Gasteiger partial charge is 0.330 e. The van der Waals surface area contributed by atoms with Crippen molar-refractivity contribution < 1.29 is 0 Å². The van der Waals surface area contributed by atoms with E-state index in [1.54, 1.807) is 11.1 Å². The lowest BCUT2D eigenvalue weighted by molar-refractivity contribution is 0.0326. The number of benzene rings is 1. The third-order valence-electron chi connectivity index (χ3n) is 6.64. The molecule has 2 aliphatic rings. The van der Waals surface area contributed by atoms with Crippen molar-refractivity contribution in [3.63, 3.8) is 0 Å². The van der Waals surface area contributed by atoms with Crippen LogP contribution in [0.4, 0.5) is 0 Å². The van der Waals surface area contributed by atoms with E-state index in [0.717, 1.165) is 12.5 Å². The Morgan fingerprint density at radius 2 is 2.00 bits per heavy atom. The van der Waals surface area contributed by atoms with E-state index in [9.17, 15) is 0 Å². The van der Waals surface area contributed by atoms with E-state index >= 15 is 0 Å². The number of nitrogens with two attached hydrogens (primary N) is 1. The Morgan fingerprint density at radius 1 is 1.24 bits per heavy atom. The van der Waals surface area contributed by atoms with Crippen LogP contribution in [0.2, 0.25) is 0 Å². The van der Waals surface area contributed by atoms with Crippen molar-refractivity contribution in [3.05, 3.63) is 34.9 Å². The van der Waals surface area contributed by atoms with Crippen LogP contribution < -0.4 is 5.73 Å². The summed E-state index contributed by atoms with van der Waals surface area (Å²) in [4.78, 5) is 0. The molecule has 0 spiro atoms. The van der Waals surface area contributed by atoms with Crippen LogP contribution in [0, 0.1) is 11.3 Å². The van der Waals surface area contributed by atoms with Gasteiger partial charge in [0.05, 0.1) is 0 Å². The van der Waals surface area contributed by atoms with Crippen LogP contribution in [0.25, 0.3) is 0 Å². The van der Waals surface area contributed by atoms with Gasteiger partial charge in [-0.1, -0.05) is 52.3 Å². The molecule has 2 aliphatic carbocycles. The summed E-state index contributed by atoms with van der Waals surface area (Å²) in [5.41, 5.74) is 11.6. The highest BCUT2D eigenvalue weighted by atomic mass is 14.7. The molecule has 0 amide bonds. The molecule has 1 fully saturated rings. The van der Waals surface area contributed by atoms with Crippen molar-refractivity contribution in [3.8, 4) is 0 Å². The van der Waals surface area contributed by atoms with Gasteiger partial charge in [0.25, 0.3) is 0 Å². The first kappa shape index (κ1) is 15.1. The van der Waals surface area contributed by atoms with Gasteiger partial charge < -0.3 is 5.73 Å². The number of fused-ring (bicyclic) bond motifs is 3. The molecular formula is C20H31N. The van der Waals surface area contributed by atoms with Crippen LogP contribution in [0.15, 0.2) is 18.2 Å². The third kappa shape index (κ3) is 2.25. The van der Waals surface area contributed by atoms with E-state index in [0.29, 0.717) is 16.7 Å². The normalized spacial score (nSPS) is 35.4. The summed E-state index contributed by atoms with van der Waals surface area (Å²) in [5, 5.41) is 0. The van der Waals surface area contributed by atoms with Crippen molar-refractivity contribution in [2.45, 2.75) is 71.1 Å². The van der Waals surface area contributed by atoms with Crippen LogP contribution >= 0.6 is 0 Å². The first-order valence-corrected chi connectivity index (χ1v) is 8.74. The monoisotopic (exact) mass is 285 g/mol. The van der Waals surface area contributed by atoms with Gasteiger partial charge in [0, 0.05) is 0 Å². The van der Waals surface area contributed by atoms with Crippen molar-refractivity contribution in [2.24, 2.45) is 17.1 Å². The molecule has 1 nitrogen and oxygen atoms in total. The highest BCUT2D eigenvalue weighted by Gasteiger charge is 2.51. The van der Waals surface area contributed by atoms with Crippen molar-refractivity contribution in [1.29, 1.82) is 0 Å². The van der Waals surface area contributed by atoms with Gasteiger partial charge in [-0.15, -0.1) is 0 Å². The van der Waals surface area contributed by atoms with E-state index in [4.69, 9.17) is 5.73 Å². The van der Waals surface area contributed by atoms with Crippen LogP contribution in [0.1, 0.15) is 76.0 Å². The zero-order valence-corrected chi connectivity index (χ0v) is 14.2. The van der Waals surface area contributed by atoms with Gasteiger partial charge in [0.2, 0.25) is 0 Å². The Hall–Kier alpha value is -0.820. The maximum atomic E-state index is 6.20. The minimum Gasteiger partial charge on any atom is -0.330 e. The first-order chi connectivity index (χ1) is 9.90. The number of hydrogen-bond donors (Lipinski definition) is 1. The van der Waals surface area contributed by atoms with Crippen molar-refractivity contribution in [2.75, 3.05) is 6.54 Å². The highest BCUT2D eigenvalue weighted by molar-refractivity contribution is 5.42. The molecule has 3 atom stereocenters. The van der Waals surface area contributed by atoms with Crippen molar-refractivity contribution in [1.82, 2.24) is 0 Å². The van der Waals surface area contributed by atoms with Crippen LogP contribution in [0.5, 0.6) is 0 Å². The summed E-state index contributed by atoms with van der Waals surface area (Å²) in [6, 6.07) is 7.27. The Bertz CT molecular complexity index is 533. The topological polar surface area (TPSA) is 26.0 Å². The van der Waals surface area contributed by atoms with Gasteiger partial charge in [0.1, 0.15) is 0 Å². The Balaban J connectivity index is 2.09. The maximum absolute atomic E-state index is 6.20. The molecule has 116 valence electrons. The molecule has 0 radical (unpaired) electrons. The molecule has 1 saturated carbocycles. The van der Waals surface area contributed by atoms with Gasteiger partial charge in [0.15, 0.2) is 0 Å². The molecule has 3 rings (SSSR count). The average Bonchev–Trinajstić information content (AvgIpc) is 2.46. The minimum absolute atomic E-state index is 0.332. The zero-order valence-electron chi connectivity index (χ0n) is 14.2. The SMILES string of the molecule is CC(C)c1ccc2c(c1)[C@@]1(C)CCC[C@](C)(CN)[C@@H]1CC2. The standard InChI is InChI=1S/C20H31N/c1-14(2)16-7-6-15-8-9-18-19(3,13-21)10-5-11-20(18,4)17(15)12-16/h6-7,12,14,18H,5,8-11,13,21H2,1-4H3/t18-,19+,20+/m0/s1. The lowest BCUT2D eigenvalue weighted by atomic mass is 9.49. The predicted octanol–water partition coefficient (Wildman–Crippen LogP) is 4.78. The van der Waals surface area contributed by atoms with Gasteiger partial charge in [-0.25, -0.2) is 0 Å². The second kappa shape index (κ2) is 5.12. The lowest BCUT2D eigenvalue weighted by Crippen LogP contribution is -2.51.